The summed E-state index contributed by atoms with van der Waals surface area (Å²) >= 11 is 6.22. The molecule has 20 heavy (non-hydrogen) atoms. The van der Waals surface area contributed by atoms with Gasteiger partial charge in [0, 0.05) is 32.9 Å². The molecule has 112 valence electrons. The Hall–Kier alpha value is -0.840. The van der Waals surface area contributed by atoms with Crippen LogP contribution in [0.1, 0.15) is 31.7 Å². The van der Waals surface area contributed by atoms with E-state index >= 15 is 0 Å². The van der Waals surface area contributed by atoms with E-state index in [1.165, 1.54) is 0 Å². The number of hydrogen-bond acceptors (Lipinski definition) is 4. The average molecular weight is 298 g/mol. The molecule has 4 nitrogen and oxygen atoms in total. The van der Waals surface area contributed by atoms with Crippen LogP contribution in [0.25, 0.3) is 0 Å². The zero-order valence-electron chi connectivity index (χ0n) is 12.4. The quantitative estimate of drug-likeness (QED) is 0.819. The number of anilines is 1. The van der Waals surface area contributed by atoms with E-state index in [1.807, 2.05) is 0 Å². The number of rotatable bonds is 6. The molecule has 0 spiro atoms. The van der Waals surface area contributed by atoms with E-state index < -0.39 is 0 Å². The van der Waals surface area contributed by atoms with Crippen molar-refractivity contribution in [1.29, 1.82) is 0 Å². The van der Waals surface area contributed by atoms with E-state index in [0.29, 0.717) is 6.10 Å². The third-order valence-corrected chi connectivity index (χ3v) is 4.04. The van der Waals surface area contributed by atoms with Crippen LogP contribution in [0.3, 0.4) is 0 Å². The van der Waals surface area contributed by atoms with Gasteiger partial charge >= 0.3 is 0 Å². The Morgan fingerprint density at radius 3 is 3.15 bits per heavy atom. The molecular formula is C15H24ClN3O. The molecule has 1 fully saturated rings. The van der Waals surface area contributed by atoms with E-state index in [0.717, 1.165) is 61.8 Å². The predicted molar refractivity (Wildman–Crippen MR) is 83.5 cm³/mol. The smallest absolute Gasteiger partial charge is 0.128 e. The Morgan fingerprint density at radius 2 is 2.40 bits per heavy atom. The number of halogens is 1. The maximum absolute atomic E-state index is 6.22. The fraction of sp³-hybridized carbons (Fsp3) is 0.667. The third kappa shape index (κ3) is 4.08. The number of pyridine rings is 1. The van der Waals surface area contributed by atoms with Gasteiger partial charge in [-0.1, -0.05) is 18.5 Å². The highest BCUT2D eigenvalue weighted by molar-refractivity contribution is 6.31. The highest BCUT2D eigenvalue weighted by Crippen LogP contribution is 2.23. The first-order valence-corrected chi connectivity index (χ1v) is 7.75. The van der Waals surface area contributed by atoms with Crippen LogP contribution in [0.4, 0.5) is 5.82 Å². The molecule has 0 saturated carbocycles. The lowest BCUT2D eigenvalue weighted by Crippen LogP contribution is -2.39. The number of nitrogens with zero attached hydrogens (tertiary/aromatic N) is 2. The third-order valence-electron chi connectivity index (χ3n) is 3.70. The van der Waals surface area contributed by atoms with Crippen LogP contribution in [0.5, 0.6) is 0 Å². The Labute approximate surface area is 126 Å². The van der Waals surface area contributed by atoms with Crippen LogP contribution in [0.2, 0.25) is 5.02 Å². The van der Waals surface area contributed by atoms with E-state index in [1.54, 1.807) is 13.3 Å². The minimum atomic E-state index is 0.308. The maximum atomic E-state index is 6.22. The fourth-order valence-electron chi connectivity index (χ4n) is 2.51. The van der Waals surface area contributed by atoms with Gasteiger partial charge in [0.25, 0.3) is 0 Å². The summed E-state index contributed by atoms with van der Waals surface area (Å²) < 4.78 is 5.47. The summed E-state index contributed by atoms with van der Waals surface area (Å²) in [6.45, 7) is 5.90. The highest BCUT2D eigenvalue weighted by atomic mass is 35.5. The summed E-state index contributed by atoms with van der Waals surface area (Å²) in [6.07, 6.45) is 5.47. The average Bonchev–Trinajstić information content (AvgIpc) is 2.49. The van der Waals surface area contributed by atoms with Gasteiger partial charge in [-0.05, 0) is 37.4 Å². The first-order chi connectivity index (χ1) is 9.74. The van der Waals surface area contributed by atoms with Crippen LogP contribution < -0.4 is 10.2 Å². The Bertz CT molecular complexity index is 428. The van der Waals surface area contributed by atoms with Gasteiger partial charge in [0.2, 0.25) is 0 Å². The first-order valence-electron chi connectivity index (χ1n) is 7.37. The van der Waals surface area contributed by atoms with Crippen molar-refractivity contribution in [2.75, 3.05) is 31.6 Å². The summed E-state index contributed by atoms with van der Waals surface area (Å²) in [5.41, 5.74) is 1.12. The van der Waals surface area contributed by atoms with Crippen LogP contribution in [-0.4, -0.2) is 37.8 Å². The second kappa shape index (κ2) is 7.81. The summed E-state index contributed by atoms with van der Waals surface area (Å²) in [4.78, 5) is 6.76. The monoisotopic (exact) mass is 297 g/mol. The minimum absolute atomic E-state index is 0.308. The number of ether oxygens (including phenoxy) is 1. The van der Waals surface area contributed by atoms with Crippen LogP contribution in [-0.2, 0) is 11.3 Å². The van der Waals surface area contributed by atoms with Crippen LogP contribution in [0, 0.1) is 0 Å². The number of aromatic nitrogens is 1. The van der Waals surface area contributed by atoms with Gasteiger partial charge in [0.15, 0.2) is 0 Å². The summed E-state index contributed by atoms with van der Waals surface area (Å²) in [7, 11) is 1.78. The van der Waals surface area contributed by atoms with Crippen molar-refractivity contribution in [3.63, 3.8) is 0 Å². The lowest BCUT2D eigenvalue weighted by atomic mass is 10.1. The Morgan fingerprint density at radius 1 is 1.55 bits per heavy atom. The normalized spacial score (nSPS) is 19.4. The minimum Gasteiger partial charge on any atom is -0.380 e. The highest BCUT2D eigenvalue weighted by Gasteiger charge is 2.20. The summed E-state index contributed by atoms with van der Waals surface area (Å²) in [5.74, 6) is 1.00. The molecule has 0 amide bonds. The molecule has 1 atom stereocenters. The van der Waals surface area contributed by atoms with Gasteiger partial charge in [-0.3, -0.25) is 0 Å². The van der Waals surface area contributed by atoms with Crippen molar-refractivity contribution in [3.05, 3.63) is 22.8 Å². The zero-order valence-corrected chi connectivity index (χ0v) is 13.1. The van der Waals surface area contributed by atoms with E-state index in [4.69, 9.17) is 16.3 Å². The number of hydrogen-bond donors (Lipinski definition) is 1. The molecule has 0 bridgehead atoms. The molecule has 1 saturated heterocycles. The summed E-state index contributed by atoms with van der Waals surface area (Å²) in [6, 6.07) is 2.10. The molecule has 0 radical (unpaired) electrons. The van der Waals surface area contributed by atoms with Crippen molar-refractivity contribution >= 4 is 17.4 Å². The van der Waals surface area contributed by atoms with Gasteiger partial charge in [0.1, 0.15) is 5.82 Å². The molecule has 1 aromatic rings. The topological polar surface area (TPSA) is 37.4 Å². The fourth-order valence-corrected chi connectivity index (χ4v) is 2.68. The molecular weight excluding hydrogens is 274 g/mol. The largest absolute Gasteiger partial charge is 0.380 e. The zero-order chi connectivity index (χ0) is 14.4. The van der Waals surface area contributed by atoms with Crippen molar-refractivity contribution in [2.24, 2.45) is 0 Å². The van der Waals surface area contributed by atoms with Gasteiger partial charge in [-0.2, -0.15) is 0 Å². The second-order valence-electron chi connectivity index (χ2n) is 5.26. The molecule has 0 aliphatic carbocycles. The molecule has 2 rings (SSSR count). The maximum Gasteiger partial charge on any atom is 0.128 e. The predicted octanol–water partition coefficient (Wildman–Crippen LogP) is 2.85. The second-order valence-corrected chi connectivity index (χ2v) is 5.66. The Kier molecular flexibility index (Phi) is 6.07. The molecule has 0 aromatic carbocycles. The molecule has 5 heteroatoms. The molecule has 2 heterocycles. The van der Waals surface area contributed by atoms with Crippen molar-refractivity contribution < 1.29 is 4.74 Å². The van der Waals surface area contributed by atoms with Gasteiger partial charge < -0.3 is 15.0 Å². The van der Waals surface area contributed by atoms with Crippen molar-refractivity contribution in [2.45, 2.75) is 38.8 Å². The molecule has 1 aliphatic rings. The van der Waals surface area contributed by atoms with Crippen molar-refractivity contribution in [3.8, 4) is 0 Å². The van der Waals surface area contributed by atoms with Crippen LogP contribution >= 0.6 is 11.6 Å². The van der Waals surface area contributed by atoms with E-state index in [2.05, 4.69) is 28.2 Å². The number of nitrogens with one attached hydrogen (secondary N) is 1. The molecule has 1 aliphatic heterocycles. The van der Waals surface area contributed by atoms with Crippen molar-refractivity contribution in [1.82, 2.24) is 10.3 Å². The first kappa shape index (κ1) is 15.5. The van der Waals surface area contributed by atoms with Gasteiger partial charge in [-0.25, -0.2) is 4.98 Å². The van der Waals surface area contributed by atoms with E-state index in [-0.39, 0.29) is 0 Å². The molecule has 1 unspecified atom stereocenters. The van der Waals surface area contributed by atoms with Gasteiger partial charge in [0.05, 0.1) is 11.1 Å². The van der Waals surface area contributed by atoms with Gasteiger partial charge in [-0.15, -0.1) is 0 Å². The molecule has 1 N–H and O–H groups in total. The Balaban J connectivity index is 2.05. The molecule has 1 aromatic heterocycles. The lowest BCUT2D eigenvalue weighted by Gasteiger charge is -2.33. The lowest BCUT2D eigenvalue weighted by molar-refractivity contribution is 0.0891. The standard InChI is InChI=1S/C15H24ClN3O/c1-3-6-17-9-12-8-15(18-10-14(12)16)19-7-4-5-13(11-19)20-2/h8,10,13,17H,3-7,9,11H2,1-2H3. The van der Waals surface area contributed by atoms with E-state index in [9.17, 15) is 0 Å². The number of piperidine rings is 1. The number of methoxy groups -OCH3 is 1. The summed E-state index contributed by atoms with van der Waals surface area (Å²) in [5, 5.41) is 4.12. The SMILES string of the molecule is CCCNCc1cc(N2CCCC(OC)C2)ncc1Cl. The van der Waals surface area contributed by atoms with Crippen LogP contribution in [0.15, 0.2) is 12.3 Å².